The normalized spacial score (nSPS) is 14.9. The summed E-state index contributed by atoms with van der Waals surface area (Å²) in [4.78, 5) is 23.1. The van der Waals surface area contributed by atoms with Crippen molar-refractivity contribution < 1.29 is 32.9 Å². The molecule has 3 N–H and O–H groups in total. The Bertz CT molecular complexity index is 1010. The molecular weight excluding hydrogens is 683 g/mol. The number of rotatable bonds is 38. The second-order valence-corrected chi connectivity index (χ2v) is 17.1. The molecule has 0 aromatic rings. The van der Waals surface area contributed by atoms with Crippen molar-refractivity contribution in [3.63, 3.8) is 0 Å². The molecule has 1 amide bonds. The van der Waals surface area contributed by atoms with E-state index >= 15 is 0 Å². The molecule has 0 rings (SSSR count). The van der Waals surface area contributed by atoms with Gasteiger partial charge in [-0.25, -0.2) is 4.57 Å². The molecule has 0 aliphatic heterocycles. The van der Waals surface area contributed by atoms with Gasteiger partial charge in [-0.3, -0.25) is 13.8 Å². The van der Waals surface area contributed by atoms with Crippen LogP contribution in [0.1, 0.15) is 174 Å². The van der Waals surface area contributed by atoms with Gasteiger partial charge in [0.1, 0.15) is 13.2 Å². The van der Waals surface area contributed by atoms with Crippen LogP contribution in [0.4, 0.5) is 0 Å². The summed E-state index contributed by atoms with van der Waals surface area (Å²) in [5.74, 6) is -0.162. The number of nitrogens with zero attached hydrogens (tertiary/aromatic N) is 1. The molecule has 0 spiro atoms. The zero-order valence-corrected chi connectivity index (χ0v) is 35.9. The van der Waals surface area contributed by atoms with Gasteiger partial charge in [0.2, 0.25) is 5.91 Å². The molecule has 0 bridgehead atoms. The van der Waals surface area contributed by atoms with E-state index in [9.17, 15) is 19.4 Å². The fourth-order valence-corrected chi connectivity index (χ4v) is 6.65. The van der Waals surface area contributed by atoms with E-state index in [1.54, 1.807) is 0 Å². The standard InChI is InChI=1S/C44H83N2O6P/c1-6-8-10-12-14-16-18-20-21-22-23-24-25-26-28-30-32-34-36-38-44(48)45-42(41-52-53(49,50)51-40-39-46(3,4)5)43(47)37-35-33-31-29-27-19-17-15-13-11-9-7-2/h8,10,14,16,20-21,23-24,42-43,47H,6-7,9,11-13,15,17-19,22,25-41H2,1-5H3,(H-,45,48,49,50)/p+1/b10-8-,16-14-,21-20-,24-23-. The molecule has 310 valence electrons. The summed E-state index contributed by atoms with van der Waals surface area (Å²) in [6, 6.07) is -0.768. The zero-order valence-electron chi connectivity index (χ0n) is 35.0. The number of aliphatic hydroxyl groups excluding tert-OH is 1. The molecule has 0 saturated carbocycles. The van der Waals surface area contributed by atoms with E-state index in [4.69, 9.17) is 9.05 Å². The van der Waals surface area contributed by atoms with Crippen molar-refractivity contribution in [1.29, 1.82) is 0 Å². The van der Waals surface area contributed by atoms with Gasteiger partial charge in [-0.2, -0.15) is 0 Å². The molecule has 0 aliphatic rings. The maximum Gasteiger partial charge on any atom is 0.472 e. The van der Waals surface area contributed by atoms with Crippen LogP contribution in [0.25, 0.3) is 0 Å². The number of hydrogen-bond acceptors (Lipinski definition) is 5. The molecule has 0 saturated heterocycles. The van der Waals surface area contributed by atoms with E-state index in [0.717, 1.165) is 77.0 Å². The molecule has 0 fully saturated rings. The molecule has 0 heterocycles. The summed E-state index contributed by atoms with van der Waals surface area (Å²) in [6.07, 6.45) is 44.1. The van der Waals surface area contributed by atoms with Gasteiger partial charge in [-0.05, 0) is 51.4 Å². The van der Waals surface area contributed by atoms with Crippen LogP contribution >= 0.6 is 7.82 Å². The van der Waals surface area contributed by atoms with Crippen LogP contribution in [0, 0.1) is 0 Å². The fourth-order valence-electron chi connectivity index (χ4n) is 5.92. The van der Waals surface area contributed by atoms with E-state index < -0.39 is 20.0 Å². The summed E-state index contributed by atoms with van der Waals surface area (Å²) in [6.45, 7) is 4.74. The van der Waals surface area contributed by atoms with E-state index in [1.165, 1.54) is 70.6 Å². The van der Waals surface area contributed by atoms with E-state index in [2.05, 4.69) is 67.8 Å². The molecule has 8 nitrogen and oxygen atoms in total. The van der Waals surface area contributed by atoms with Crippen molar-refractivity contribution in [2.24, 2.45) is 0 Å². The third-order valence-electron chi connectivity index (χ3n) is 9.34. The maximum atomic E-state index is 12.9. The fraction of sp³-hybridized carbons (Fsp3) is 0.795. The number of carbonyl (C=O) groups excluding carboxylic acids is 1. The summed E-state index contributed by atoms with van der Waals surface area (Å²) >= 11 is 0. The van der Waals surface area contributed by atoms with Gasteiger partial charge >= 0.3 is 7.82 Å². The van der Waals surface area contributed by atoms with Crippen LogP contribution in [0.5, 0.6) is 0 Å². The Morgan fingerprint density at radius 3 is 1.66 bits per heavy atom. The van der Waals surface area contributed by atoms with Crippen LogP contribution < -0.4 is 5.32 Å². The third-order valence-corrected chi connectivity index (χ3v) is 10.3. The first-order valence-electron chi connectivity index (χ1n) is 21.5. The van der Waals surface area contributed by atoms with Crippen molar-refractivity contribution >= 4 is 13.7 Å². The van der Waals surface area contributed by atoms with Gasteiger partial charge < -0.3 is 19.8 Å². The lowest BCUT2D eigenvalue weighted by atomic mass is 10.0. The molecule has 53 heavy (non-hydrogen) atoms. The minimum atomic E-state index is -4.32. The minimum absolute atomic E-state index is 0.0696. The predicted octanol–water partition coefficient (Wildman–Crippen LogP) is 11.7. The van der Waals surface area contributed by atoms with Crippen LogP contribution in [0.15, 0.2) is 48.6 Å². The highest BCUT2D eigenvalue weighted by Gasteiger charge is 2.28. The second kappa shape index (κ2) is 36.1. The van der Waals surface area contributed by atoms with Crippen LogP contribution in [0.2, 0.25) is 0 Å². The summed E-state index contributed by atoms with van der Waals surface area (Å²) in [5, 5.41) is 13.9. The number of allylic oxidation sites excluding steroid dienone is 8. The first kappa shape index (κ1) is 51.5. The average Bonchev–Trinajstić information content (AvgIpc) is 3.10. The predicted molar refractivity (Wildman–Crippen MR) is 226 cm³/mol. The smallest absolute Gasteiger partial charge is 0.391 e. The first-order chi connectivity index (χ1) is 25.5. The number of phosphoric ester groups is 1. The number of amides is 1. The van der Waals surface area contributed by atoms with Gasteiger partial charge in [0.05, 0.1) is 39.9 Å². The molecule has 0 aromatic heterocycles. The van der Waals surface area contributed by atoms with Gasteiger partial charge in [-0.1, -0.05) is 165 Å². The Hall–Kier alpha value is -1.54. The zero-order chi connectivity index (χ0) is 39.3. The summed E-state index contributed by atoms with van der Waals surface area (Å²) in [7, 11) is 1.60. The highest BCUT2D eigenvalue weighted by molar-refractivity contribution is 7.47. The van der Waals surface area contributed by atoms with Gasteiger partial charge in [0.15, 0.2) is 0 Å². The quantitative estimate of drug-likeness (QED) is 0.0250. The Balaban J connectivity index is 4.40. The van der Waals surface area contributed by atoms with Gasteiger partial charge in [-0.15, -0.1) is 0 Å². The number of quaternary nitrogens is 1. The van der Waals surface area contributed by atoms with Crippen molar-refractivity contribution in [3.05, 3.63) is 48.6 Å². The summed E-state index contributed by atoms with van der Waals surface area (Å²) in [5.41, 5.74) is 0. The van der Waals surface area contributed by atoms with Crippen LogP contribution in [-0.2, 0) is 18.4 Å². The molecule has 0 aromatic carbocycles. The highest BCUT2D eigenvalue weighted by Crippen LogP contribution is 2.43. The van der Waals surface area contributed by atoms with E-state index in [0.29, 0.717) is 23.9 Å². The number of phosphoric acid groups is 1. The van der Waals surface area contributed by atoms with Crippen molar-refractivity contribution in [2.45, 2.75) is 187 Å². The van der Waals surface area contributed by atoms with Gasteiger partial charge in [0.25, 0.3) is 0 Å². The lowest BCUT2D eigenvalue weighted by Crippen LogP contribution is -2.46. The SMILES string of the molecule is CC/C=C\C/C=C\C/C=C\C/C=C\CCCCCCCCC(=O)NC(COP(=O)(O)OCC[N+](C)(C)C)C(O)CCCCCCCCCCCCCC. The number of likely N-dealkylation sites (N-methyl/N-ethyl adjacent to an activating group) is 1. The van der Waals surface area contributed by atoms with Crippen LogP contribution in [0.3, 0.4) is 0 Å². The number of hydrogen-bond donors (Lipinski definition) is 3. The third kappa shape index (κ3) is 38.5. The molecule has 0 radical (unpaired) electrons. The van der Waals surface area contributed by atoms with Crippen molar-refractivity contribution in [1.82, 2.24) is 5.32 Å². The second-order valence-electron chi connectivity index (χ2n) is 15.7. The van der Waals surface area contributed by atoms with Crippen molar-refractivity contribution in [2.75, 3.05) is 40.9 Å². The topological polar surface area (TPSA) is 105 Å². The van der Waals surface area contributed by atoms with Crippen molar-refractivity contribution in [3.8, 4) is 0 Å². The molecule has 3 atom stereocenters. The molecular formula is C44H84N2O6P+. The molecule has 0 aliphatic carbocycles. The Morgan fingerprint density at radius 2 is 1.13 bits per heavy atom. The number of nitrogens with one attached hydrogen (secondary N) is 1. The Morgan fingerprint density at radius 1 is 0.660 bits per heavy atom. The molecule has 3 unspecified atom stereocenters. The lowest BCUT2D eigenvalue weighted by Gasteiger charge is -2.26. The van der Waals surface area contributed by atoms with E-state index in [1.807, 2.05) is 21.1 Å². The number of unbranched alkanes of at least 4 members (excludes halogenated alkanes) is 17. The first-order valence-corrected chi connectivity index (χ1v) is 23.0. The van der Waals surface area contributed by atoms with Gasteiger partial charge in [0, 0.05) is 6.42 Å². The average molecular weight is 768 g/mol. The number of carbonyl (C=O) groups is 1. The maximum absolute atomic E-state index is 12.9. The lowest BCUT2D eigenvalue weighted by molar-refractivity contribution is -0.870. The number of aliphatic hydroxyl groups is 1. The Kier molecular flexibility index (Phi) is 35.1. The Labute approximate surface area is 327 Å². The minimum Gasteiger partial charge on any atom is -0.391 e. The van der Waals surface area contributed by atoms with E-state index in [-0.39, 0.29) is 19.1 Å². The highest BCUT2D eigenvalue weighted by atomic mass is 31.2. The molecule has 9 heteroatoms. The van der Waals surface area contributed by atoms with Crippen LogP contribution in [-0.4, -0.2) is 73.4 Å². The monoisotopic (exact) mass is 768 g/mol. The summed E-state index contributed by atoms with van der Waals surface area (Å²) < 4.78 is 23.6. The largest absolute Gasteiger partial charge is 0.472 e.